The normalized spacial score (nSPS) is 20.0. The van der Waals surface area contributed by atoms with E-state index in [1.165, 1.54) is 5.56 Å². The molecule has 0 aromatic heterocycles. The van der Waals surface area contributed by atoms with Crippen molar-refractivity contribution in [1.82, 2.24) is 0 Å². The van der Waals surface area contributed by atoms with E-state index < -0.39 is 13.7 Å². The standard InChI is InChI=1S/C28H31Cl2O5P/c1-17(2)25-11-20(5-6-27(25)31)12-26-18(3)9-24(10-19(26)4)33-16-36(32)34-8-7-28(35-36)21-13-22(29)15-23(30)14-21/h5-6,9-11,13-15,17,28,31H,7-8,12,16H2,1-4H3/t28-,36-/m0/s1. The maximum Gasteiger partial charge on any atom is 0.368 e. The van der Waals surface area contributed by atoms with Gasteiger partial charge in [-0.1, -0.05) is 49.2 Å². The molecule has 0 bridgehead atoms. The van der Waals surface area contributed by atoms with E-state index in [9.17, 15) is 9.67 Å². The SMILES string of the molecule is Cc1cc(OC[P@]2(=O)OCC[C@@H](c3cc(Cl)cc(Cl)c3)O2)cc(C)c1Cc1ccc(O)c(C(C)C)c1. The van der Waals surface area contributed by atoms with Crippen LogP contribution in [0.4, 0.5) is 0 Å². The van der Waals surface area contributed by atoms with Crippen LogP contribution in [0.3, 0.4) is 0 Å². The van der Waals surface area contributed by atoms with Crippen LogP contribution in [0.5, 0.6) is 11.5 Å². The second kappa shape index (κ2) is 11.2. The summed E-state index contributed by atoms with van der Waals surface area (Å²) in [6.07, 6.45) is 0.665. The highest BCUT2D eigenvalue weighted by molar-refractivity contribution is 7.53. The largest absolute Gasteiger partial charge is 0.508 e. The lowest BCUT2D eigenvalue weighted by molar-refractivity contribution is 0.0725. The van der Waals surface area contributed by atoms with Gasteiger partial charge in [0.2, 0.25) is 0 Å². The van der Waals surface area contributed by atoms with Crippen molar-refractivity contribution in [2.24, 2.45) is 0 Å². The van der Waals surface area contributed by atoms with Crippen LogP contribution in [-0.4, -0.2) is 18.1 Å². The Kier molecular flexibility index (Phi) is 8.38. The maximum absolute atomic E-state index is 13.3. The van der Waals surface area contributed by atoms with Crippen LogP contribution in [-0.2, 0) is 20.0 Å². The molecular formula is C28H31Cl2O5P. The Bertz CT molecular complexity index is 1260. The number of phenols is 1. The molecule has 192 valence electrons. The van der Waals surface area contributed by atoms with Gasteiger partial charge in [-0.15, -0.1) is 0 Å². The van der Waals surface area contributed by atoms with E-state index in [1.54, 1.807) is 24.3 Å². The zero-order chi connectivity index (χ0) is 26.0. The van der Waals surface area contributed by atoms with Gasteiger partial charge in [0.25, 0.3) is 0 Å². The zero-order valence-corrected chi connectivity index (χ0v) is 23.3. The number of aromatic hydroxyl groups is 1. The number of rotatable bonds is 7. The van der Waals surface area contributed by atoms with Gasteiger partial charge in [-0.2, -0.15) is 0 Å². The van der Waals surface area contributed by atoms with Gasteiger partial charge >= 0.3 is 7.60 Å². The summed E-state index contributed by atoms with van der Waals surface area (Å²) in [4.78, 5) is 0. The molecule has 2 atom stereocenters. The highest BCUT2D eigenvalue weighted by atomic mass is 35.5. The smallest absolute Gasteiger partial charge is 0.368 e. The van der Waals surface area contributed by atoms with Crippen LogP contribution < -0.4 is 4.74 Å². The van der Waals surface area contributed by atoms with Crippen molar-refractivity contribution in [2.45, 2.75) is 52.6 Å². The fourth-order valence-corrected chi connectivity index (χ4v) is 6.53. The number of halogens is 2. The molecule has 3 aromatic carbocycles. The molecule has 1 N–H and O–H groups in total. The van der Waals surface area contributed by atoms with Crippen LogP contribution >= 0.6 is 30.8 Å². The van der Waals surface area contributed by atoms with Crippen LogP contribution in [0.25, 0.3) is 0 Å². The van der Waals surface area contributed by atoms with Gasteiger partial charge in [-0.25, -0.2) is 0 Å². The molecule has 0 aliphatic carbocycles. The maximum atomic E-state index is 13.3. The molecule has 4 rings (SSSR count). The van der Waals surface area contributed by atoms with Crippen molar-refractivity contribution < 1.29 is 23.5 Å². The molecule has 1 saturated heterocycles. The molecule has 1 aliphatic heterocycles. The van der Waals surface area contributed by atoms with Gasteiger partial charge in [0.05, 0.1) is 12.7 Å². The first kappa shape index (κ1) is 27.0. The molecule has 5 nitrogen and oxygen atoms in total. The Hall–Kier alpha value is -2.01. The summed E-state index contributed by atoms with van der Waals surface area (Å²) in [7, 11) is -3.48. The van der Waals surface area contributed by atoms with Crippen molar-refractivity contribution >= 4 is 30.8 Å². The van der Waals surface area contributed by atoms with Gasteiger partial charge in [0, 0.05) is 16.5 Å². The summed E-state index contributed by atoms with van der Waals surface area (Å²) in [5.41, 5.74) is 6.17. The second-order valence-electron chi connectivity index (χ2n) is 9.56. The van der Waals surface area contributed by atoms with Gasteiger partial charge < -0.3 is 14.4 Å². The third kappa shape index (κ3) is 6.45. The number of phenolic OH excluding ortho intramolecular Hbond substituents is 1. The highest BCUT2D eigenvalue weighted by Crippen LogP contribution is 2.56. The van der Waals surface area contributed by atoms with Crippen LogP contribution in [0, 0.1) is 13.8 Å². The quantitative estimate of drug-likeness (QED) is 0.299. The summed E-state index contributed by atoms with van der Waals surface area (Å²) >= 11 is 12.3. The average Bonchev–Trinajstić information content (AvgIpc) is 2.80. The van der Waals surface area contributed by atoms with Gasteiger partial charge in [-0.05, 0) is 96.0 Å². The van der Waals surface area contributed by atoms with Crippen LogP contribution in [0.2, 0.25) is 10.0 Å². The highest BCUT2D eigenvalue weighted by Gasteiger charge is 2.35. The minimum absolute atomic E-state index is 0.189. The van der Waals surface area contributed by atoms with E-state index >= 15 is 0 Å². The first-order valence-electron chi connectivity index (χ1n) is 12.0. The molecule has 3 aromatic rings. The molecule has 0 spiro atoms. The fourth-order valence-electron chi connectivity index (χ4n) is 4.48. The molecule has 1 aliphatic rings. The monoisotopic (exact) mass is 548 g/mol. The van der Waals surface area contributed by atoms with E-state index in [0.29, 0.717) is 28.0 Å². The minimum Gasteiger partial charge on any atom is -0.508 e. The van der Waals surface area contributed by atoms with Crippen LogP contribution in [0.15, 0.2) is 48.5 Å². The number of hydrogen-bond donors (Lipinski definition) is 1. The predicted octanol–water partition coefficient (Wildman–Crippen LogP) is 8.74. The summed E-state index contributed by atoms with van der Waals surface area (Å²) in [6, 6.07) is 14.8. The number of hydrogen-bond acceptors (Lipinski definition) is 5. The Morgan fingerprint density at radius 2 is 1.72 bits per heavy atom. The van der Waals surface area contributed by atoms with E-state index in [1.807, 2.05) is 32.0 Å². The summed E-state index contributed by atoms with van der Waals surface area (Å²) in [6.45, 7) is 8.50. The Morgan fingerprint density at radius 3 is 2.36 bits per heavy atom. The predicted molar refractivity (Wildman–Crippen MR) is 145 cm³/mol. The van der Waals surface area contributed by atoms with E-state index in [2.05, 4.69) is 19.9 Å². The lowest BCUT2D eigenvalue weighted by Crippen LogP contribution is -2.17. The Morgan fingerprint density at radius 1 is 1.06 bits per heavy atom. The van der Waals surface area contributed by atoms with Gasteiger partial charge in [0.15, 0.2) is 6.35 Å². The van der Waals surface area contributed by atoms with Crippen molar-refractivity contribution in [3.05, 3.63) is 92.0 Å². The molecule has 1 heterocycles. The number of benzene rings is 3. The Labute approximate surface area is 222 Å². The van der Waals surface area contributed by atoms with E-state index in [-0.39, 0.29) is 18.9 Å². The topological polar surface area (TPSA) is 65.0 Å². The second-order valence-corrected chi connectivity index (χ2v) is 12.4. The minimum atomic E-state index is -3.48. The summed E-state index contributed by atoms with van der Waals surface area (Å²) in [5.74, 6) is 1.18. The van der Waals surface area contributed by atoms with E-state index in [4.69, 9.17) is 37.0 Å². The first-order chi connectivity index (χ1) is 17.0. The fraction of sp³-hybridized carbons (Fsp3) is 0.357. The third-order valence-corrected chi connectivity index (χ3v) is 8.40. The van der Waals surface area contributed by atoms with Crippen molar-refractivity contribution in [1.29, 1.82) is 0 Å². The summed E-state index contributed by atoms with van der Waals surface area (Å²) in [5, 5.41) is 11.1. The van der Waals surface area contributed by atoms with Crippen LogP contribution in [0.1, 0.15) is 65.7 Å². The van der Waals surface area contributed by atoms with Gasteiger partial charge in [-0.3, -0.25) is 9.09 Å². The molecule has 0 amide bonds. The third-order valence-electron chi connectivity index (χ3n) is 6.37. The molecule has 36 heavy (non-hydrogen) atoms. The summed E-state index contributed by atoms with van der Waals surface area (Å²) < 4.78 is 30.6. The average molecular weight is 549 g/mol. The lowest BCUT2D eigenvalue weighted by atomic mass is 9.93. The Balaban J connectivity index is 1.46. The molecule has 8 heteroatoms. The number of aryl methyl sites for hydroxylation is 2. The zero-order valence-electron chi connectivity index (χ0n) is 20.9. The molecule has 1 fully saturated rings. The molecule has 0 radical (unpaired) electrons. The number of ether oxygens (including phenoxy) is 1. The van der Waals surface area contributed by atoms with Gasteiger partial charge in [0.1, 0.15) is 11.5 Å². The molecule has 0 saturated carbocycles. The first-order valence-corrected chi connectivity index (χ1v) is 14.4. The molecule has 0 unspecified atom stereocenters. The molecular weight excluding hydrogens is 518 g/mol. The lowest BCUT2D eigenvalue weighted by Gasteiger charge is -2.30. The van der Waals surface area contributed by atoms with Crippen molar-refractivity contribution in [3.8, 4) is 11.5 Å². The van der Waals surface area contributed by atoms with E-state index in [0.717, 1.165) is 34.2 Å². The van der Waals surface area contributed by atoms with Crippen molar-refractivity contribution in [2.75, 3.05) is 13.0 Å². The van der Waals surface area contributed by atoms with Crippen molar-refractivity contribution in [3.63, 3.8) is 0 Å².